The van der Waals surface area contributed by atoms with Crippen LogP contribution in [-0.2, 0) is 0 Å². The minimum atomic E-state index is -0.661. The fraction of sp³-hybridized carbons (Fsp3) is 0.500. The van der Waals surface area contributed by atoms with Gasteiger partial charge in [-0.2, -0.15) is 0 Å². The first-order valence-electron chi connectivity index (χ1n) is 6.84. The van der Waals surface area contributed by atoms with Gasteiger partial charge in [0.1, 0.15) is 5.69 Å². The number of anilines is 1. The molecule has 0 heterocycles. The lowest BCUT2D eigenvalue weighted by atomic mass is 9.86. The number of rotatable bonds is 4. The molecule has 1 fully saturated rings. The first-order chi connectivity index (χ1) is 9.49. The third kappa shape index (κ3) is 3.07. The van der Waals surface area contributed by atoms with E-state index in [2.05, 4.69) is 12.2 Å². The number of nitro groups is 1. The van der Waals surface area contributed by atoms with Gasteiger partial charge in [0, 0.05) is 17.7 Å². The Balaban J connectivity index is 2.26. The molecule has 6 nitrogen and oxygen atoms in total. The van der Waals surface area contributed by atoms with E-state index in [1.807, 2.05) is 0 Å². The molecule has 1 aliphatic rings. The van der Waals surface area contributed by atoms with Crippen LogP contribution in [0.3, 0.4) is 0 Å². The van der Waals surface area contributed by atoms with Crippen molar-refractivity contribution in [3.05, 3.63) is 33.9 Å². The Hall–Kier alpha value is -2.11. The summed E-state index contributed by atoms with van der Waals surface area (Å²) in [4.78, 5) is 21.8. The molecule has 1 aromatic rings. The molecule has 20 heavy (non-hydrogen) atoms. The van der Waals surface area contributed by atoms with E-state index in [4.69, 9.17) is 5.73 Å². The molecular weight excluding hydrogens is 258 g/mol. The lowest BCUT2D eigenvalue weighted by molar-refractivity contribution is -0.384. The predicted molar refractivity (Wildman–Crippen MR) is 76.7 cm³/mol. The molecule has 0 radical (unpaired) electrons. The molecule has 1 amide bonds. The summed E-state index contributed by atoms with van der Waals surface area (Å²) in [5.41, 5.74) is 5.67. The first kappa shape index (κ1) is 14.3. The van der Waals surface area contributed by atoms with Crippen LogP contribution in [0.25, 0.3) is 0 Å². The quantitative estimate of drug-likeness (QED) is 0.653. The van der Waals surface area contributed by atoms with Gasteiger partial charge in [-0.25, -0.2) is 0 Å². The lowest BCUT2D eigenvalue weighted by Crippen LogP contribution is -2.30. The zero-order valence-electron chi connectivity index (χ0n) is 11.5. The second-order valence-corrected chi connectivity index (χ2v) is 5.37. The standard InChI is InChI=1S/C14H19N3O3/c1-9-4-2-3-5-11(9)16-12-7-6-10(14(15)18)8-13(12)17(19)20/h6-9,11,16H,2-5H2,1H3,(H2,15,18)/t9-,11+/m0/s1. The highest BCUT2D eigenvalue weighted by atomic mass is 16.6. The molecule has 1 aliphatic carbocycles. The van der Waals surface area contributed by atoms with Crippen LogP contribution < -0.4 is 11.1 Å². The Morgan fingerprint density at radius 2 is 2.10 bits per heavy atom. The van der Waals surface area contributed by atoms with Crippen LogP contribution in [0, 0.1) is 16.0 Å². The van der Waals surface area contributed by atoms with E-state index in [9.17, 15) is 14.9 Å². The maximum absolute atomic E-state index is 11.1. The van der Waals surface area contributed by atoms with Crippen molar-refractivity contribution in [3.63, 3.8) is 0 Å². The monoisotopic (exact) mass is 277 g/mol. The Kier molecular flexibility index (Phi) is 4.22. The summed E-state index contributed by atoms with van der Waals surface area (Å²) in [6, 6.07) is 4.56. The minimum absolute atomic E-state index is 0.0981. The topological polar surface area (TPSA) is 98.3 Å². The average molecular weight is 277 g/mol. The first-order valence-corrected chi connectivity index (χ1v) is 6.84. The summed E-state index contributed by atoms with van der Waals surface area (Å²) in [5.74, 6) is -0.176. The largest absolute Gasteiger partial charge is 0.376 e. The van der Waals surface area contributed by atoms with Crippen LogP contribution in [0.4, 0.5) is 11.4 Å². The van der Waals surface area contributed by atoms with Crippen molar-refractivity contribution in [2.75, 3.05) is 5.32 Å². The second kappa shape index (κ2) is 5.90. The normalized spacial score (nSPS) is 22.2. The summed E-state index contributed by atoms with van der Waals surface area (Å²) in [5, 5.41) is 14.4. The summed E-state index contributed by atoms with van der Waals surface area (Å²) in [6.07, 6.45) is 4.48. The van der Waals surface area contributed by atoms with Gasteiger partial charge in [0.2, 0.25) is 5.91 Å². The molecule has 2 rings (SSSR count). The number of carbonyl (C=O) groups is 1. The third-order valence-electron chi connectivity index (χ3n) is 3.93. The van der Waals surface area contributed by atoms with Gasteiger partial charge in [0.05, 0.1) is 4.92 Å². The summed E-state index contributed by atoms with van der Waals surface area (Å²) in [7, 11) is 0. The van der Waals surface area contributed by atoms with Gasteiger partial charge in [0.25, 0.3) is 5.69 Å². The van der Waals surface area contributed by atoms with Crippen molar-refractivity contribution in [1.29, 1.82) is 0 Å². The third-order valence-corrected chi connectivity index (χ3v) is 3.93. The van der Waals surface area contributed by atoms with Crippen LogP contribution in [0.5, 0.6) is 0 Å². The minimum Gasteiger partial charge on any atom is -0.376 e. The molecule has 0 spiro atoms. The number of nitrogens with two attached hydrogens (primary N) is 1. The van der Waals surface area contributed by atoms with Gasteiger partial charge in [0.15, 0.2) is 0 Å². The van der Waals surface area contributed by atoms with Crippen LogP contribution in [0.2, 0.25) is 0 Å². The molecule has 6 heteroatoms. The van der Waals surface area contributed by atoms with Crippen LogP contribution in [0.1, 0.15) is 43.0 Å². The average Bonchev–Trinajstić information content (AvgIpc) is 2.41. The molecule has 2 atom stereocenters. The van der Waals surface area contributed by atoms with Crippen LogP contribution in [-0.4, -0.2) is 16.9 Å². The van der Waals surface area contributed by atoms with Gasteiger partial charge in [-0.15, -0.1) is 0 Å². The molecule has 3 N–H and O–H groups in total. The number of amides is 1. The van der Waals surface area contributed by atoms with Crippen LogP contribution in [0.15, 0.2) is 18.2 Å². The molecule has 1 aromatic carbocycles. The summed E-state index contributed by atoms with van der Waals surface area (Å²) >= 11 is 0. The molecule has 1 saturated carbocycles. The molecule has 0 aromatic heterocycles. The van der Waals surface area contributed by atoms with Gasteiger partial charge >= 0.3 is 0 Å². The Bertz CT molecular complexity index is 530. The zero-order valence-corrected chi connectivity index (χ0v) is 11.5. The zero-order chi connectivity index (χ0) is 14.7. The number of carbonyl (C=O) groups excluding carboxylic acids is 1. The van der Waals surface area contributed by atoms with Crippen molar-refractivity contribution >= 4 is 17.3 Å². The lowest BCUT2D eigenvalue weighted by Gasteiger charge is -2.30. The Labute approximate surface area is 117 Å². The molecule has 0 saturated heterocycles. The fourth-order valence-electron chi connectivity index (χ4n) is 2.69. The predicted octanol–water partition coefficient (Wildman–Crippen LogP) is 2.68. The van der Waals surface area contributed by atoms with E-state index in [0.717, 1.165) is 19.3 Å². The van der Waals surface area contributed by atoms with Crippen molar-refractivity contribution < 1.29 is 9.72 Å². The van der Waals surface area contributed by atoms with Gasteiger partial charge in [-0.1, -0.05) is 19.8 Å². The summed E-state index contributed by atoms with van der Waals surface area (Å²) < 4.78 is 0. The van der Waals surface area contributed by atoms with Crippen molar-refractivity contribution in [1.82, 2.24) is 0 Å². The van der Waals surface area contributed by atoms with Gasteiger partial charge in [-0.05, 0) is 30.9 Å². The van der Waals surface area contributed by atoms with Gasteiger partial charge < -0.3 is 11.1 Å². The van der Waals surface area contributed by atoms with E-state index in [1.165, 1.54) is 18.6 Å². The Morgan fingerprint density at radius 1 is 1.40 bits per heavy atom. The van der Waals surface area contributed by atoms with E-state index in [1.54, 1.807) is 6.07 Å². The van der Waals surface area contributed by atoms with E-state index in [0.29, 0.717) is 11.6 Å². The van der Waals surface area contributed by atoms with Crippen molar-refractivity contribution in [2.24, 2.45) is 11.7 Å². The molecule has 0 bridgehead atoms. The smallest absolute Gasteiger partial charge is 0.293 e. The molecular formula is C14H19N3O3. The highest BCUT2D eigenvalue weighted by Gasteiger charge is 2.24. The van der Waals surface area contributed by atoms with Crippen molar-refractivity contribution in [2.45, 2.75) is 38.6 Å². The number of nitrogens with zero attached hydrogens (tertiary/aromatic N) is 1. The maximum Gasteiger partial charge on any atom is 0.293 e. The van der Waals surface area contributed by atoms with E-state index in [-0.39, 0.29) is 17.3 Å². The highest BCUT2D eigenvalue weighted by molar-refractivity contribution is 5.94. The summed E-state index contributed by atoms with van der Waals surface area (Å²) in [6.45, 7) is 2.15. The fourth-order valence-corrected chi connectivity index (χ4v) is 2.69. The molecule has 108 valence electrons. The van der Waals surface area contributed by atoms with E-state index < -0.39 is 10.8 Å². The van der Waals surface area contributed by atoms with Crippen molar-refractivity contribution in [3.8, 4) is 0 Å². The number of nitro benzene ring substituents is 1. The highest BCUT2D eigenvalue weighted by Crippen LogP contribution is 2.31. The van der Waals surface area contributed by atoms with Gasteiger partial charge in [-0.3, -0.25) is 14.9 Å². The van der Waals surface area contributed by atoms with Crippen LogP contribution >= 0.6 is 0 Å². The van der Waals surface area contributed by atoms with E-state index >= 15 is 0 Å². The number of hydrogen-bond donors (Lipinski definition) is 2. The maximum atomic E-state index is 11.1. The number of nitrogens with one attached hydrogen (secondary N) is 1. The second-order valence-electron chi connectivity index (χ2n) is 5.37. The molecule has 0 aliphatic heterocycles. The Morgan fingerprint density at radius 3 is 2.70 bits per heavy atom. The number of primary amides is 1. The number of hydrogen-bond acceptors (Lipinski definition) is 4. The number of benzene rings is 1. The SMILES string of the molecule is C[C@H]1CCCC[C@H]1Nc1ccc(C(N)=O)cc1[N+](=O)[O-]. The molecule has 0 unspecified atom stereocenters.